The molecule has 3 nitrogen and oxygen atoms in total. The van der Waals surface area contributed by atoms with Crippen molar-refractivity contribution in [3.63, 3.8) is 0 Å². The highest BCUT2D eigenvalue weighted by Crippen LogP contribution is 2.31. The second kappa shape index (κ2) is 4.09. The van der Waals surface area contributed by atoms with E-state index in [-0.39, 0.29) is 0 Å². The van der Waals surface area contributed by atoms with Gasteiger partial charge in [0.15, 0.2) is 5.82 Å². The summed E-state index contributed by atoms with van der Waals surface area (Å²) in [6.07, 6.45) is 6.27. The van der Waals surface area contributed by atoms with E-state index in [1.54, 1.807) is 0 Å². The Morgan fingerprint density at radius 2 is 2.08 bits per heavy atom. The molecule has 2 rings (SSSR count). The van der Waals surface area contributed by atoms with Gasteiger partial charge in [-0.3, -0.25) is 0 Å². The molecular formula is C9H13ClN2O. The fourth-order valence-electron chi connectivity index (χ4n) is 1.84. The normalized spacial score (nSPS) is 19.2. The van der Waals surface area contributed by atoms with Crippen molar-refractivity contribution in [2.45, 2.75) is 43.9 Å². The number of hydrogen-bond donors (Lipinski definition) is 0. The molecule has 0 unspecified atom stereocenters. The smallest absolute Gasteiger partial charge is 0.229 e. The third kappa shape index (κ3) is 2.02. The Morgan fingerprint density at radius 1 is 1.31 bits per heavy atom. The molecule has 1 fully saturated rings. The van der Waals surface area contributed by atoms with Gasteiger partial charge in [-0.1, -0.05) is 24.4 Å². The minimum absolute atomic E-state index is 0.343. The van der Waals surface area contributed by atoms with E-state index in [1.165, 1.54) is 32.1 Å². The van der Waals surface area contributed by atoms with Crippen molar-refractivity contribution in [1.82, 2.24) is 10.1 Å². The van der Waals surface area contributed by atoms with Crippen LogP contribution in [-0.2, 0) is 5.88 Å². The van der Waals surface area contributed by atoms with Crippen molar-refractivity contribution in [2.24, 2.45) is 0 Å². The fraction of sp³-hybridized carbons (Fsp3) is 0.778. The van der Waals surface area contributed by atoms with E-state index < -0.39 is 0 Å². The van der Waals surface area contributed by atoms with Gasteiger partial charge in [-0.15, -0.1) is 11.6 Å². The van der Waals surface area contributed by atoms with Crippen LogP contribution in [0.2, 0.25) is 0 Å². The molecule has 4 heteroatoms. The van der Waals surface area contributed by atoms with Gasteiger partial charge < -0.3 is 4.52 Å². The average Bonchev–Trinajstić information content (AvgIpc) is 2.67. The van der Waals surface area contributed by atoms with Crippen molar-refractivity contribution in [3.8, 4) is 0 Å². The van der Waals surface area contributed by atoms with Crippen molar-refractivity contribution in [1.29, 1.82) is 0 Å². The molecule has 0 bridgehead atoms. The van der Waals surface area contributed by atoms with Crippen LogP contribution in [0.4, 0.5) is 0 Å². The molecule has 1 aliphatic carbocycles. The molecule has 1 heterocycles. The Bertz CT molecular complexity index is 268. The number of alkyl halides is 1. The Kier molecular flexibility index (Phi) is 2.83. The molecule has 0 amide bonds. The van der Waals surface area contributed by atoms with Crippen LogP contribution < -0.4 is 0 Å². The van der Waals surface area contributed by atoms with Gasteiger partial charge in [0, 0.05) is 5.92 Å². The Labute approximate surface area is 82.5 Å². The first-order chi connectivity index (χ1) is 6.40. The highest BCUT2D eigenvalue weighted by molar-refractivity contribution is 6.16. The van der Waals surface area contributed by atoms with Gasteiger partial charge in [0.25, 0.3) is 0 Å². The molecule has 1 saturated carbocycles. The molecule has 1 aliphatic rings. The van der Waals surface area contributed by atoms with E-state index in [1.807, 2.05) is 0 Å². The van der Waals surface area contributed by atoms with Gasteiger partial charge in [-0.05, 0) is 12.8 Å². The van der Waals surface area contributed by atoms with Crippen LogP contribution in [0.25, 0.3) is 0 Å². The molecule has 13 heavy (non-hydrogen) atoms. The zero-order valence-corrected chi connectivity index (χ0v) is 8.26. The molecule has 0 atom stereocenters. The van der Waals surface area contributed by atoms with Gasteiger partial charge in [-0.2, -0.15) is 4.98 Å². The van der Waals surface area contributed by atoms with E-state index in [9.17, 15) is 0 Å². The number of rotatable bonds is 2. The maximum absolute atomic E-state index is 5.59. The van der Waals surface area contributed by atoms with Gasteiger partial charge in [0.1, 0.15) is 0 Å². The molecule has 0 aromatic carbocycles. The summed E-state index contributed by atoms with van der Waals surface area (Å²) >= 11 is 5.59. The third-order valence-corrected chi connectivity index (χ3v) is 2.80. The quantitative estimate of drug-likeness (QED) is 0.690. The summed E-state index contributed by atoms with van der Waals surface area (Å²) in [6, 6.07) is 0. The maximum Gasteiger partial charge on any atom is 0.229 e. The lowest BCUT2D eigenvalue weighted by Crippen LogP contribution is -2.04. The molecule has 0 aliphatic heterocycles. The number of aromatic nitrogens is 2. The van der Waals surface area contributed by atoms with E-state index >= 15 is 0 Å². The largest absolute Gasteiger partial charge is 0.339 e. The highest BCUT2D eigenvalue weighted by Gasteiger charge is 2.20. The van der Waals surface area contributed by atoms with Crippen LogP contribution in [0.15, 0.2) is 4.52 Å². The third-order valence-electron chi connectivity index (χ3n) is 2.56. The zero-order chi connectivity index (χ0) is 9.10. The van der Waals surface area contributed by atoms with Gasteiger partial charge in [-0.25, -0.2) is 0 Å². The molecule has 1 aromatic rings. The number of halogens is 1. The van der Waals surface area contributed by atoms with Crippen LogP contribution in [0.3, 0.4) is 0 Å². The first kappa shape index (κ1) is 9.00. The first-order valence-corrected chi connectivity index (χ1v) is 5.32. The summed E-state index contributed by atoms with van der Waals surface area (Å²) < 4.78 is 5.15. The minimum atomic E-state index is 0.343. The summed E-state index contributed by atoms with van der Waals surface area (Å²) in [5, 5.41) is 3.79. The summed E-state index contributed by atoms with van der Waals surface area (Å²) in [5.41, 5.74) is 0. The Balaban J connectivity index is 2.05. The zero-order valence-electron chi connectivity index (χ0n) is 7.50. The van der Waals surface area contributed by atoms with E-state index in [2.05, 4.69) is 10.1 Å². The van der Waals surface area contributed by atoms with Crippen molar-refractivity contribution in [2.75, 3.05) is 0 Å². The molecule has 72 valence electrons. The monoisotopic (exact) mass is 200 g/mol. The standard InChI is InChI=1S/C9H13ClN2O/c10-6-8-11-9(13-12-8)7-4-2-1-3-5-7/h7H,1-6H2. The van der Waals surface area contributed by atoms with Crippen LogP contribution in [-0.4, -0.2) is 10.1 Å². The van der Waals surface area contributed by atoms with E-state index in [0.717, 1.165) is 5.89 Å². The topological polar surface area (TPSA) is 38.9 Å². The lowest BCUT2D eigenvalue weighted by Gasteiger charge is -2.17. The number of hydrogen-bond acceptors (Lipinski definition) is 3. The second-order valence-electron chi connectivity index (χ2n) is 3.52. The van der Waals surface area contributed by atoms with Gasteiger partial charge >= 0.3 is 0 Å². The molecule has 0 saturated heterocycles. The SMILES string of the molecule is ClCc1noc(C2CCCCC2)n1. The minimum Gasteiger partial charge on any atom is -0.339 e. The number of nitrogens with zero attached hydrogens (tertiary/aromatic N) is 2. The molecular weight excluding hydrogens is 188 g/mol. The molecule has 0 N–H and O–H groups in total. The Hall–Kier alpha value is -0.570. The lowest BCUT2D eigenvalue weighted by atomic mass is 9.89. The van der Waals surface area contributed by atoms with Crippen LogP contribution in [0, 0.1) is 0 Å². The predicted molar refractivity (Wildman–Crippen MR) is 49.7 cm³/mol. The summed E-state index contributed by atoms with van der Waals surface area (Å²) in [7, 11) is 0. The van der Waals surface area contributed by atoms with E-state index in [0.29, 0.717) is 17.6 Å². The Morgan fingerprint density at radius 3 is 2.69 bits per heavy atom. The van der Waals surface area contributed by atoms with Crippen LogP contribution in [0.1, 0.15) is 49.7 Å². The summed E-state index contributed by atoms with van der Waals surface area (Å²) in [6.45, 7) is 0. The molecule has 0 spiro atoms. The van der Waals surface area contributed by atoms with Crippen molar-refractivity contribution < 1.29 is 4.52 Å². The van der Waals surface area contributed by atoms with Crippen molar-refractivity contribution >= 4 is 11.6 Å². The summed E-state index contributed by atoms with van der Waals surface area (Å²) in [4.78, 5) is 4.24. The molecule has 1 aromatic heterocycles. The maximum atomic E-state index is 5.59. The van der Waals surface area contributed by atoms with Gasteiger partial charge in [0.05, 0.1) is 5.88 Å². The lowest BCUT2D eigenvalue weighted by molar-refractivity contribution is 0.312. The van der Waals surface area contributed by atoms with Crippen LogP contribution in [0.5, 0.6) is 0 Å². The van der Waals surface area contributed by atoms with Gasteiger partial charge in [0.2, 0.25) is 5.89 Å². The fourth-order valence-corrected chi connectivity index (χ4v) is 1.95. The van der Waals surface area contributed by atoms with Crippen LogP contribution >= 0.6 is 11.6 Å². The average molecular weight is 201 g/mol. The van der Waals surface area contributed by atoms with Crippen molar-refractivity contribution in [3.05, 3.63) is 11.7 Å². The highest BCUT2D eigenvalue weighted by atomic mass is 35.5. The summed E-state index contributed by atoms with van der Waals surface area (Å²) in [5.74, 6) is 2.23. The molecule has 0 radical (unpaired) electrons. The van der Waals surface area contributed by atoms with E-state index in [4.69, 9.17) is 16.1 Å². The first-order valence-electron chi connectivity index (χ1n) is 4.78. The predicted octanol–water partition coefficient (Wildman–Crippen LogP) is 2.86. The second-order valence-corrected chi connectivity index (χ2v) is 3.78.